The predicted octanol–water partition coefficient (Wildman–Crippen LogP) is 2.40. The van der Waals surface area contributed by atoms with Crippen LogP contribution in [0.1, 0.15) is 19.8 Å². The van der Waals surface area contributed by atoms with Crippen molar-refractivity contribution in [3.63, 3.8) is 0 Å². The Bertz CT molecular complexity index is 420. The highest BCUT2D eigenvalue weighted by atomic mass is 35.5. The minimum Gasteiger partial charge on any atom is -0.489 e. The van der Waals surface area contributed by atoms with Crippen LogP contribution in [0, 0.1) is 0 Å². The highest BCUT2D eigenvalue weighted by Gasteiger charge is 2.21. The molecular weight excluding hydrogens is 299 g/mol. The lowest BCUT2D eigenvalue weighted by atomic mass is 10.2. The minimum absolute atomic E-state index is 0. The normalized spacial score (nSPS) is 19.0. The maximum Gasteiger partial charge on any atom is 0.237 e. The predicted molar refractivity (Wildman–Crippen MR) is 82.8 cm³/mol. The maximum absolute atomic E-state index is 11.8. The molecule has 20 heavy (non-hydrogen) atoms. The molecule has 0 saturated carbocycles. The number of carbonyl (C=O) groups excluding carboxylic acids is 1. The van der Waals surface area contributed by atoms with Gasteiger partial charge in [0.05, 0.1) is 12.6 Å². The zero-order valence-electron chi connectivity index (χ0n) is 11.4. The summed E-state index contributed by atoms with van der Waals surface area (Å²) in [7, 11) is 0. The molecule has 2 rings (SSSR count). The van der Waals surface area contributed by atoms with Crippen LogP contribution in [0.15, 0.2) is 24.3 Å². The van der Waals surface area contributed by atoms with Gasteiger partial charge >= 0.3 is 0 Å². The molecule has 0 bridgehead atoms. The van der Waals surface area contributed by atoms with Gasteiger partial charge in [-0.1, -0.05) is 11.6 Å². The molecule has 0 aliphatic carbocycles. The summed E-state index contributed by atoms with van der Waals surface area (Å²) in [4.78, 5) is 11.8. The first-order valence-corrected chi connectivity index (χ1v) is 6.96. The van der Waals surface area contributed by atoms with Crippen molar-refractivity contribution in [2.45, 2.75) is 31.9 Å². The van der Waals surface area contributed by atoms with Crippen molar-refractivity contribution in [1.82, 2.24) is 10.6 Å². The largest absolute Gasteiger partial charge is 0.489 e. The molecule has 1 amide bonds. The van der Waals surface area contributed by atoms with Gasteiger partial charge in [0, 0.05) is 5.02 Å². The number of halogens is 2. The standard InChI is InChI=1S/C14H19ClN2O2.ClH/c1-10(19-12-6-4-11(15)5-7-12)9-17-14(18)13-3-2-8-16-13;/h4-7,10,13,16H,2-3,8-9H2,1H3,(H,17,18);1H. The quantitative estimate of drug-likeness (QED) is 0.876. The van der Waals surface area contributed by atoms with Crippen molar-refractivity contribution in [1.29, 1.82) is 0 Å². The van der Waals surface area contributed by atoms with E-state index in [0.29, 0.717) is 11.6 Å². The van der Waals surface area contributed by atoms with E-state index in [2.05, 4.69) is 10.6 Å². The van der Waals surface area contributed by atoms with E-state index in [1.54, 1.807) is 12.1 Å². The summed E-state index contributed by atoms with van der Waals surface area (Å²) in [6.07, 6.45) is 1.90. The zero-order valence-corrected chi connectivity index (χ0v) is 13.0. The van der Waals surface area contributed by atoms with Crippen LogP contribution in [0.4, 0.5) is 0 Å². The minimum atomic E-state index is -0.0773. The monoisotopic (exact) mass is 318 g/mol. The molecular formula is C14H20Cl2N2O2. The van der Waals surface area contributed by atoms with Gasteiger partial charge in [0.1, 0.15) is 11.9 Å². The van der Waals surface area contributed by atoms with Crippen molar-refractivity contribution >= 4 is 29.9 Å². The van der Waals surface area contributed by atoms with Crippen LogP contribution in [0.2, 0.25) is 5.02 Å². The van der Waals surface area contributed by atoms with Gasteiger partial charge in [-0.25, -0.2) is 0 Å². The second kappa shape index (κ2) is 8.35. The van der Waals surface area contributed by atoms with E-state index in [1.807, 2.05) is 19.1 Å². The number of rotatable bonds is 5. The van der Waals surface area contributed by atoms with Crippen LogP contribution in [0.25, 0.3) is 0 Å². The Labute approximate surface area is 130 Å². The van der Waals surface area contributed by atoms with E-state index in [9.17, 15) is 4.79 Å². The Hall–Kier alpha value is -0.970. The third-order valence-electron chi connectivity index (χ3n) is 3.09. The fraction of sp³-hybridized carbons (Fsp3) is 0.500. The van der Waals surface area contributed by atoms with Crippen molar-refractivity contribution in [2.24, 2.45) is 0 Å². The number of benzene rings is 1. The molecule has 1 aromatic rings. The van der Waals surface area contributed by atoms with Crippen molar-refractivity contribution in [3.8, 4) is 5.75 Å². The van der Waals surface area contributed by atoms with E-state index < -0.39 is 0 Å². The third-order valence-corrected chi connectivity index (χ3v) is 3.34. The van der Waals surface area contributed by atoms with E-state index in [1.165, 1.54) is 0 Å². The first-order chi connectivity index (χ1) is 9.15. The van der Waals surface area contributed by atoms with Crippen LogP contribution in [0.3, 0.4) is 0 Å². The summed E-state index contributed by atoms with van der Waals surface area (Å²) in [5.41, 5.74) is 0. The molecule has 2 unspecified atom stereocenters. The van der Waals surface area contributed by atoms with Crippen LogP contribution < -0.4 is 15.4 Å². The van der Waals surface area contributed by atoms with Crippen molar-refractivity contribution in [3.05, 3.63) is 29.3 Å². The van der Waals surface area contributed by atoms with E-state index in [-0.39, 0.29) is 30.5 Å². The molecule has 112 valence electrons. The van der Waals surface area contributed by atoms with E-state index >= 15 is 0 Å². The van der Waals surface area contributed by atoms with Crippen LogP contribution in [0.5, 0.6) is 5.75 Å². The Morgan fingerprint density at radius 3 is 2.80 bits per heavy atom. The second-order valence-electron chi connectivity index (χ2n) is 4.78. The lowest BCUT2D eigenvalue weighted by Gasteiger charge is -2.17. The summed E-state index contributed by atoms with van der Waals surface area (Å²) in [6, 6.07) is 7.16. The van der Waals surface area contributed by atoms with Gasteiger partial charge in [-0.15, -0.1) is 12.4 Å². The van der Waals surface area contributed by atoms with Gasteiger partial charge in [0.25, 0.3) is 0 Å². The van der Waals surface area contributed by atoms with Crippen molar-refractivity contribution < 1.29 is 9.53 Å². The van der Waals surface area contributed by atoms with Gasteiger partial charge in [-0.2, -0.15) is 0 Å². The van der Waals surface area contributed by atoms with Crippen molar-refractivity contribution in [2.75, 3.05) is 13.1 Å². The number of nitrogens with one attached hydrogen (secondary N) is 2. The second-order valence-corrected chi connectivity index (χ2v) is 5.21. The van der Waals surface area contributed by atoms with E-state index in [0.717, 1.165) is 25.1 Å². The van der Waals surface area contributed by atoms with Gasteiger partial charge in [-0.05, 0) is 50.6 Å². The molecule has 1 aromatic carbocycles. The molecule has 0 spiro atoms. The number of amides is 1. The van der Waals surface area contributed by atoms with E-state index in [4.69, 9.17) is 16.3 Å². The average molecular weight is 319 g/mol. The fourth-order valence-corrected chi connectivity index (χ4v) is 2.19. The molecule has 1 saturated heterocycles. The zero-order chi connectivity index (χ0) is 13.7. The highest BCUT2D eigenvalue weighted by Crippen LogP contribution is 2.16. The number of hydrogen-bond acceptors (Lipinski definition) is 3. The van der Waals surface area contributed by atoms with Gasteiger partial charge < -0.3 is 15.4 Å². The number of hydrogen-bond donors (Lipinski definition) is 2. The number of carbonyl (C=O) groups is 1. The summed E-state index contributed by atoms with van der Waals surface area (Å²) >= 11 is 5.80. The molecule has 1 aliphatic heterocycles. The molecule has 1 aliphatic rings. The summed E-state index contributed by atoms with van der Waals surface area (Å²) in [6.45, 7) is 3.35. The first kappa shape index (κ1) is 17.1. The molecule has 0 aromatic heterocycles. The Balaban J connectivity index is 0.00000200. The fourth-order valence-electron chi connectivity index (χ4n) is 2.06. The third kappa shape index (κ3) is 5.19. The van der Waals surface area contributed by atoms with Gasteiger partial charge in [-0.3, -0.25) is 4.79 Å². The summed E-state index contributed by atoms with van der Waals surface area (Å²) in [5, 5.41) is 6.75. The van der Waals surface area contributed by atoms with Crippen LogP contribution >= 0.6 is 24.0 Å². The Morgan fingerprint density at radius 2 is 2.20 bits per heavy atom. The highest BCUT2D eigenvalue weighted by molar-refractivity contribution is 6.30. The maximum atomic E-state index is 11.8. The Kier molecular flexibility index (Phi) is 7.13. The molecule has 1 heterocycles. The average Bonchev–Trinajstić information content (AvgIpc) is 2.93. The molecule has 1 fully saturated rings. The van der Waals surface area contributed by atoms with Gasteiger partial charge in [0.15, 0.2) is 0 Å². The SMILES string of the molecule is CC(CNC(=O)C1CCCN1)Oc1ccc(Cl)cc1.Cl. The number of ether oxygens (including phenoxy) is 1. The molecule has 2 N–H and O–H groups in total. The van der Waals surface area contributed by atoms with Gasteiger partial charge in [0.2, 0.25) is 5.91 Å². The van der Waals surface area contributed by atoms with Crippen LogP contribution in [-0.2, 0) is 4.79 Å². The van der Waals surface area contributed by atoms with Crippen LogP contribution in [-0.4, -0.2) is 31.1 Å². The lowest BCUT2D eigenvalue weighted by molar-refractivity contribution is -0.123. The molecule has 4 nitrogen and oxygen atoms in total. The first-order valence-electron chi connectivity index (χ1n) is 6.58. The molecule has 0 radical (unpaired) electrons. The summed E-state index contributed by atoms with van der Waals surface area (Å²) in [5.74, 6) is 0.814. The smallest absolute Gasteiger partial charge is 0.237 e. The topological polar surface area (TPSA) is 50.4 Å². The Morgan fingerprint density at radius 1 is 1.50 bits per heavy atom. The lowest BCUT2D eigenvalue weighted by Crippen LogP contribution is -2.43. The molecule has 2 atom stereocenters. The summed E-state index contributed by atoms with van der Waals surface area (Å²) < 4.78 is 5.69. The molecule has 6 heteroatoms.